The van der Waals surface area contributed by atoms with Crippen molar-refractivity contribution in [2.24, 2.45) is 0 Å². The number of nitrogens with one attached hydrogen (secondary N) is 1. The summed E-state index contributed by atoms with van der Waals surface area (Å²) in [4.78, 5) is 13.3. The molecule has 0 fully saturated rings. The van der Waals surface area contributed by atoms with Crippen molar-refractivity contribution in [3.05, 3.63) is 23.8 Å². The Morgan fingerprint density at radius 1 is 1.39 bits per heavy atom. The first-order valence-electron chi connectivity index (χ1n) is 6.83. The van der Waals surface area contributed by atoms with Crippen molar-refractivity contribution in [1.29, 1.82) is 0 Å². The van der Waals surface area contributed by atoms with E-state index in [4.69, 9.17) is 0 Å². The zero-order chi connectivity index (χ0) is 13.1. The summed E-state index contributed by atoms with van der Waals surface area (Å²) < 4.78 is 0. The van der Waals surface area contributed by atoms with Gasteiger partial charge in [0.25, 0.3) is 0 Å². The molecule has 1 aliphatic rings. The van der Waals surface area contributed by atoms with Gasteiger partial charge in [-0.1, -0.05) is 13.8 Å². The summed E-state index contributed by atoms with van der Waals surface area (Å²) in [6.07, 6.45) is 3.23. The van der Waals surface area contributed by atoms with Crippen molar-refractivity contribution in [2.75, 3.05) is 16.8 Å². The maximum atomic E-state index is 11.5. The second-order valence-corrected chi connectivity index (χ2v) is 4.92. The molecule has 0 saturated heterocycles. The highest BCUT2D eigenvalue weighted by Gasteiger charge is 2.22. The van der Waals surface area contributed by atoms with Gasteiger partial charge in [0.15, 0.2) is 0 Å². The summed E-state index contributed by atoms with van der Waals surface area (Å²) in [6.45, 7) is 6.85. The minimum Gasteiger partial charge on any atom is -0.382 e. The van der Waals surface area contributed by atoms with Crippen LogP contribution in [-0.2, 0) is 11.2 Å². The average Bonchev–Trinajstić information content (AvgIpc) is 2.78. The molecule has 0 atom stereocenters. The molecule has 18 heavy (non-hydrogen) atoms. The van der Waals surface area contributed by atoms with Crippen LogP contribution in [0.15, 0.2) is 18.2 Å². The lowest BCUT2D eigenvalue weighted by Gasteiger charge is -2.18. The van der Waals surface area contributed by atoms with Crippen molar-refractivity contribution in [3.63, 3.8) is 0 Å². The Labute approximate surface area is 109 Å². The molecule has 0 spiro atoms. The summed E-state index contributed by atoms with van der Waals surface area (Å²) in [7, 11) is 0. The summed E-state index contributed by atoms with van der Waals surface area (Å²) >= 11 is 0. The second kappa shape index (κ2) is 5.42. The first kappa shape index (κ1) is 12.9. The van der Waals surface area contributed by atoms with Crippen LogP contribution in [0.2, 0.25) is 0 Å². The Morgan fingerprint density at radius 3 is 2.72 bits per heavy atom. The first-order valence-corrected chi connectivity index (χ1v) is 6.83. The van der Waals surface area contributed by atoms with Crippen molar-refractivity contribution in [1.82, 2.24) is 0 Å². The maximum Gasteiger partial charge on any atom is 0.223 e. The number of hydrogen-bond acceptors (Lipinski definition) is 2. The van der Waals surface area contributed by atoms with Crippen molar-refractivity contribution >= 4 is 17.3 Å². The SMILES string of the molecule is CCC(CC)Nc1ccc2c(c1)CCN2C(C)=O. The lowest BCUT2D eigenvalue weighted by molar-refractivity contribution is -0.116. The quantitative estimate of drug-likeness (QED) is 0.885. The molecule has 98 valence electrons. The van der Waals surface area contributed by atoms with Gasteiger partial charge in [-0.3, -0.25) is 4.79 Å². The van der Waals surface area contributed by atoms with E-state index in [0.717, 1.165) is 31.5 Å². The van der Waals surface area contributed by atoms with E-state index in [9.17, 15) is 4.79 Å². The third kappa shape index (κ3) is 2.50. The van der Waals surface area contributed by atoms with E-state index in [1.165, 1.54) is 11.3 Å². The van der Waals surface area contributed by atoms with Crippen molar-refractivity contribution in [2.45, 2.75) is 46.1 Å². The number of carbonyl (C=O) groups is 1. The Bertz CT molecular complexity index is 438. The van der Waals surface area contributed by atoms with Gasteiger partial charge in [-0.25, -0.2) is 0 Å². The Hall–Kier alpha value is -1.51. The van der Waals surface area contributed by atoms with Crippen LogP contribution in [0.5, 0.6) is 0 Å². The molecule has 1 aromatic carbocycles. The van der Waals surface area contributed by atoms with E-state index in [2.05, 4.69) is 37.4 Å². The minimum atomic E-state index is 0.134. The predicted octanol–water partition coefficient (Wildman–Crippen LogP) is 3.20. The number of rotatable bonds is 4. The van der Waals surface area contributed by atoms with E-state index in [-0.39, 0.29) is 5.91 Å². The normalized spacial score (nSPS) is 13.9. The monoisotopic (exact) mass is 246 g/mol. The van der Waals surface area contributed by atoms with Gasteiger partial charge >= 0.3 is 0 Å². The molecule has 0 radical (unpaired) electrons. The maximum absolute atomic E-state index is 11.5. The summed E-state index contributed by atoms with van der Waals surface area (Å²) in [5.74, 6) is 0.134. The predicted molar refractivity (Wildman–Crippen MR) is 76.2 cm³/mol. The molecule has 1 aliphatic heterocycles. The van der Waals surface area contributed by atoms with Crippen LogP contribution in [0, 0.1) is 0 Å². The highest BCUT2D eigenvalue weighted by atomic mass is 16.2. The minimum absolute atomic E-state index is 0.134. The molecule has 1 aromatic rings. The van der Waals surface area contributed by atoms with E-state index in [1.807, 2.05) is 4.90 Å². The van der Waals surface area contributed by atoms with Crippen molar-refractivity contribution < 1.29 is 4.79 Å². The van der Waals surface area contributed by atoms with E-state index in [1.54, 1.807) is 6.92 Å². The van der Waals surface area contributed by atoms with Crippen LogP contribution < -0.4 is 10.2 Å². The van der Waals surface area contributed by atoms with Gasteiger partial charge in [-0.2, -0.15) is 0 Å². The molecule has 0 aromatic heterocycles. The van der Waals surface area contributed by atoms with E-state index < -0.39 is 0 Å². The molecule has 0 saturated carbocycles. The zero-order valence-electron chi connectivity index (χ0n) is 11.5. The molecule has 3 heteroatoms. The number of hydrogen-bond donors (Lipinski definition) is 1. The molecule has 0 bridgehead atoms. The van der Waals surface area contributed by atoms with Crippen LogP contribution in [0.4, 0.5) is 11.4 Å². The molecular weight excluding hydrogens is 224 g/mol. The fraction of sp³-hybridized carbons (Fsp3) is 0.533. The van der Waals surface area contributed by atoms with E-state index in [0.29, 0.717) is 6.04 Å². The smallest absolute Gasteiger partial charge is 0.223 e. The third-order valence-electron chi connectivity index (χ3n) is 3.71. The van der Waals surface area contributed by atoms with Gasteiger partial charge in [-0.15, -0.1) is 0 Å². The fourth-order valence-electron chi connectivity index (χ4n) is 2.55. The fourth-order valence-corrected chi connectivity index (χ4v) is 2.55. The van der Waals surface area contributed by atoms with Crippen LogP contribution in [0.25, 0.3) is 0 Å². The average molecular weight is 246 g/mol. The highest BCUT2D eigenvalue weighted by molar-refractivity contribution is 5.94. The van der Waals surface area contributed by atoms with Gasteiger partial charge in [-0.05, 0) is 43.0 Å². The summed E-state index contributed by atoms with van der Waals surface area (Å²) in [6, 6.07) is 6.87. The highest BCUT2D eigenvalue weighted by Crippen LogP contribution is 2.30. The van der Waals surface area contributed by atoms with Crippen LogP contribution in [0.3, 0.4) is 0 Å². The third-order valence-corrected chi connectivity index (χ3v) is 3.71. The lowest BCUT2D eigenvalue weighted by atomic mass is 10.1. The van der Waals surface area contributed by atoms with Crippen LogP contribution in [-0.4, -0.2) is 18.5 Å². The van der Waals surface area contributed by atoms with Gasteiger partial charge in [0.2, 0.25) is 5.91 Å². The largest absolute Gasteiger partial charge is 0.382 e. The first-order chi connectivity index (χ1) is 8.65. The molecule has 3 nitrogen and oxygen atoms in total. The topological polar surface area (TPSA) is 32.3 Å². The van der Waals surface area contributed by atoms with Gasteiger partial charge in [0, 0.05) is 30.9 Å². The molecular formula is C15H22N2O. The zero-order valence-corrected chi connectivity index (χ0v) is 11.5. The molecule has 2 rings (SSSR count). The number of carbonyl (C=O) groups excluding carboxylic acids is 1. The van der Waals surface area contributed by atoms with Crippen LogP contribution >= 0.6 is 0 Å². The van der Waals surface area contributed by atoms with Gasteiger partial charge in [0.1, 0.15) is 0 Å². The molecule has 0 aliphatic carbocycles. The second-order valence-electron chi connectivity index (χ2n) is 4.92. The number of amides is 1. The standard InChI is InChI=1S/C15H22N2O/c1-4-13(5-2)16-14-6-7-15-12(10-14)8-9-17(15)11(3)18/h6-7,10,13,16H,4-5,8-9H2,1-3H3. The lowest BCUT2D eigenvalue weighted by Crippen LogP contribution is -2.25. The molecule has 0 unspecified atom stereocenters. The number of benzene rings is 1. The Morgan fingerprint density at radius 2 is 2.11 bits per heavy atom. The van der Waals surface area contributed by atoms with Gasteiger partial charge < -0.3 is 10.2 Å². The number of fused-ring (bicyclic) bond motifs is 1. The molecule has 1 N–H and O–H groups in total. The number of anilines is 2. The Balaban J connectivity index is 2.17. The van der Waals surface area contributed by atoms with E-state index >= 15 is 0 Å². The van der Waals surface area contributed by atoms with Crippen molar-refractivity contribution in [3.8, 4) is 0 Å². The van der Waals surface area contributed by atoms with Crippen LogP contribution in [0.1, 0.15) is 39.2 Å². The molecule has 1 heterocycles. The van der Waals surface area contributed by atoms with Gasteiger partial charge in [0.05, 0.1) is 0 Å². The Kier molecular flexibility index (Phi) is 3.90. The number of nitrogens with zero attached hydrogens (tertiary/aromatic N) is 1. The summed E-state index contributed by atoms with van der Waals surface area (Å²) in [5.41, 5.74) is 3.53. The molecule has 1 amide bonds. The summed E-state index contributed by atoms with van der Waals surface area (Å²) in [5, 5.41) is 3.55.